The first kappa shape index (κ1) is 19.2. The van der Waals surface area contributed by atoms with Crippen LogP contribution in [-0.4, -0.2) is 51.5 Å². The van der Waals surface area contributed by atoms with E-state index >= 15 is 0 Å². The number of aromatic nitrogens is 3. The summed E-state index contributed by atoms with van der Waals surface area (Å²) in [6.07, 6.45) is 3.62. The zero-order valence-electron chi connectivity index (χ0n) is 16.1. The lowest BCUT2D eigenvalue weighted by Gasteiger charge is -2.29. The summed E-state index contributed by atoms with van der Waals surface area (Å²) < 4.78 is 7.49. The fourth-order valence-corrected chi connectivity index (χ4v) is 4.12. The molecule has 1 aromatic carbocycles. The molecule has 1 N–H and O–H groups in total. The summed E-state index contributed by atoms with van der Waals surface area (Å²) in [5.74, 6) is 1.70. The van der Waals surface area contributed by atoms with E-state index in [1.54, 1.807) is 0 Å². The number of nitrogens with zero attached hydrogens (tertiary/aromatic N) is 4. The summed E-state index contributed by atoms with van der Waals surface area (Å²) >= 11 is 6.00. The number of hydrogen-bond donors (Lipinski definition) is 1. The van der Waals surface area contributed by atoms with Crippen molar-refractivity contribution in [1.82, 2.24) is 25.0 Å². The minimum Gasteiger partial charge on any atom is -0.381 e. The quantitative estimate of drug-likeness (QED) is 0.850. The molecule has 2 saturated heterocycles. The van der Waals surface area contributed by atoms with Gasteiger partial charge < -0.3 is 19.5 Å². The van der Waals surface area contributed by atoms with Crippen molar-refractivity contribution in [1.29, 1.82) is 0 Å². The van der Waals surface area contributed by atoms with Crippen molar-refractivity contribution in [3.05, 3.63) is 46.5 Å². The fraction of sp³-hybridized carbons (Fsp3) is 0.550. The minimum atomic E-state index is -0.0478. The van der Waals surface area contributed by atoms with Crippen LogP contribution in [0, 0.1) is 6.92 Å². The van der Waals surface area contributed by atoms with Gasteiger partial charge in [0.2, 0.25) is 0 Å². The molecule has 0 radical (unpaired) electrons. The molecule has 0 bridgehead atoms. The van der Waals surface area contributed by atoms with Crippen LogP contribution in [0.15, 0.2) is 24.3 Å². The summed E-state index contributed by atoms with van der Waals surface area (Å²) in [4.78, 5) is 14.8. The van der Waals surface area contributed by atoms with Crippen LogP contribution in [0.1, 0.15) is 48.9 Å². The Bertz CT molecular complexity index is 817. The highest BCUT2D eigenvalue weighted by Crippen LogP contribution is 2.31. The third kappa shape index (κ3) is 4.15. The van der Waals surface area contributed by atoms with Crippen LogP contribution in [-0.2, 0) is 11.3 Å². The Balaban J connectivity index is 1.51. The number of amides is 2. The number of benzene rings is 1. The first-order valence-electron chi connectivity index (χ1n) is 9.91. The van der Waals surface area contributed by atoms with E-state index in [1.807, 2.05) is 36.1 Å². The first-order valence-corrected chi connectivity index (χ1v) is 10.3. The lowest BCUT2D eigenvalue weighted by atomic mass is 10.1. The molecule has 8 heteroatoms. The molecule has 2 aliphatic rings. The molecule has 2 aliphatic heterocycles. The average molecular weight is 404 g/mol. The van der Waals surface area contributed by atoms with E-state index in [0.717, 1.165) is 54.5 Å². The molecule has 2 fully saturated rings. The number of aryl methyl sites for hydroxylation is 1. The Labute approximate surface area is 170 Å². The van der Waals surface area contributed by atoms with E-state index in [0.29, 0.717) is 19.8 Å². The van der Waals surface area contributed by atoms with Crippen molar-refractivity contribution < 1.29 is 9.53 Å². The number of halogens is 1. The predicted molar refractivity (Wildman–Crippen MR) is 106 cm³/mol. The van der Waals surface area contributed by atoms with Crippen molar-refractivity contribution in [2.75, 3.05) is 19.8 Å². The normalized spacial score (nSPS) is 20.5. The highest BCUT2D eigenvalue weighted by atomic mass is 35.5. The number of carbonyl (C=O) groups excluding carboxylic acids is 1. The van der Waals surface area contributed by atoms with Crippen molar-refractivity contribution in [3.8, 4) is 0 Å². The molecule has 150 valence electrons. The molecule has 2 aromatic rings. The van der Waals surface area contributed by atoms with Crippen molar-refractivity contribution in [2.24, 2.45) is 0 Å². The molecular weight excluding hydrogens is 378 g/mol. The Hall–Kier alpha value is -2.12. The third-order valence-corrected chi connectivity index (χ3v) is 5.83. The highest BCUT2D eigenvalue weighted by Gasteiger charge is 2.34. The first-order chi connectivity index (χ1) is 13.6. The molecule has 0 saturated carbocycles. The van der Waals surface area contributed by atoms with Crippen LogP contribution in [0.4, 0.5) is 4.79 Å². The van der Waals surface area contributed by atoms with Gasteiger partial charge in [0.05, 0.1) is 12.6 Å². The van der Waals surface area contributed by atoms with Gasteiger partial charge in [0.1, 0.15) is 5.82 Å². The van der Waals surface area contributed by atoms with Gasteiger partial charge >= 0.3 is 6.03 Å². The number of urea groups is 1. The van der Waals surface area contributed by atoms with Gasteiger partial charge in [-0.15, -0.1) is 10.2 Å². The Morgan fingerprint density at radius 3 is 2.71 bits per heavy atom. The van der Waals surface area contributed by atoms with Gasteiger partial charge in [0.25, 0.3) is 0 Å². The van der Waals surface area contributed by atoms with Crippen LogP contribution < -0.4 is 5.32 Å². The van der Waals surface area contributed by atoms with Gasteiger partial charge in [-0.1, -0.05) is 23.7 Å². The lowest BCUT2D eigenvalue weighted by Crippen LogP contribution is -2.46. The second-order valence-electron chi connectivity index (χ2n) is 7.51. The van der Waals surface area contributed by atoms with Gasteiger partial charge in [-0.25, -0.2) is 4.79 Å². The van der Waals surface area contributed by atoms with Gasteiger partial charge in [-0.05, 0) is 50.3 Å². The van der Waals surface area contributed by atoms with E-state index in [-0.39, 0.29) is 18.1 Å². The number of carbonyl (C=O) groups is 1. The molecule has 0 aliphatic carbocycles. The topological polar surface area (TPSA) is 72.3 Å². The maximum Gasteiger partial charge on any atom is 0.318 e. The second kappa shape index (κ2) is 8.49. The van der Waals surface area contributed by atoms with Gasteiger partial charge in [0.15, 0.2) is 5.82 Å². The number of nitrogens with one attached hydrogen (secondary N) is 1. The van der Waals surface area contributed by atoms with E-state index in [4.69, 9.17) is 16.3 Å². The molecule has 0 unspecified atom stereocenters. The predicted octanol–water partition coefficient (Wildman–Crippen LogP) is 3.31. The van der Waals surface area contributed by atoms with E-state index in [1.165, 1.54) is 0 Å². The van der Waals surface area contributed by atoms with Crippen molar-refractivity contribution >= 4 is 17.6 Å². The zero-order chi connectivity index (χ0) is 19.5. The summed E-state index contributed by atoms with van der Waals surface area (Å²) in [7, 11) is 0. The second-order valence-corrected chi connectivity index (χ2v) is 7.94. The largest absolute Gasteiger partial charge is 0.381 e. The standard InChI is InChI=1S/C20H26ClN5O2/c1-14-23-24-19(26(14)13-15-4-6-16(21)7-5-15)18-3-2-10-25(18)20(27)22-17-8-11-28-12-9-17/h4-7,17-18H,2-3,8-13H2,1H3,(H,22,27)/t18-/m1/s1. The third-order valence-electron chi connectivity index (χ3n) is 5.58. The van der Waals surface area contributed by atoms with E-state index in [9.17, 15) is 4.79 Å². The van der Waals surface area contributed by atoms with Crippen molar-refractivity contribution in [3.63, 3.8) is 0 Å². The Kier molecular flexibility index (Phi) is 5.82. The number of hydrogen-bond acceptors (Lipinski definition) is 4. The molecular formula is C20H26ClN5O2. The number of likely N-dealkylation sites (tertiary alicyclic amines) is 1. The molecule has 0 spiro atoms. The van der Waals surface area contributed by atoms with Gasteiger partial charge in [-0.3, -0.25) is 0 Å². The molecule has 2 amide bonds. The number of rotatable bonds is 4. The molecule has 3 heterocycles. The van der Waals surface area contributed by atoms with Gasteiger partial charge in [0, 0.05) is 30.8 Å². The molecule has 1 aromatic heterocycles. The van der Waals surface area contributed by atoms with E-state index in [2.05, 4.69) is 20.1 Å². The molecule has 4 rings (SSSR count). The lowest BCUT2D eigenvalue weighted by molar-refractivity contribution is 0.0777. The van der Waals surface area contributed by atoms with Crippen LogP contribution in [0.5, 0.6) is 0 Å². The summed E-state index contributed by atoms with van der Waals surface area (Å²) in [5, 5.41) is 12.6. The monoisotopic (exact) mass is 403 g/mol. The zero-order valence-corrected chi connectivity index (χ0v) is 16.9. The fourth-order valence-electron chi connectivity index (χ4n) is 3.99. The van der Waals surface area contributed by atoms with Crippen LogP contribution in [0.2, 0.25) is 5.02 Å². The molecule has 28 heavy (non-hydrogen) atoms. The van der Waals surface area contributed by atoms with Crippen molar-refractivity contribution in [2.45, 2.75) is 51.2 Å². The summed E-state index contributed by atoms with van der Waals surface area (Å²) in [6, 6.07) is 7.93. The van der Waals surface area contributed by atoms with Crippen LogP contribution >= 0.6 is 11.6 Å². The Morgan fingerprint density at radius 2 is 1.96 bits per heavy atom. The molecule has 1 atom stereocenters. The SMILES string of the molecule is Cc1nnc([C@H]2CCCN2C(=O)NC2CCOCC2)n1Cc1ccc(Cl)cc1. The summed E-state index contributed by atoms with van der Waals surface area (Å²) in [6.45, 7) is 4.78. The van der Waals surface area contributed by atoms with Crippen LogP contribution in [0.25, 0.3) is 0 Å². The summed E-state index contributed by atoms with van der Waals surface area (Å²) in [5.41, 5.74) is 1.13. The molecule has 7 nitrogen and oxygen atoms in total. The van der Waals surface area contributed by atoms with Gasteiger partial charge in [-0.2, -0.15) is 0 Å². The highest BCUT2D eigenvalue weighted by molar-refractivity contribution is 6.30. The van der Waals surface area contributed by atoms with Crippen LogP contribution in [0.3, 0.4) is 0 Å². The maximum absolute atomic E-state index is 12.9. The minimum absolute atomic E-state index is 0.00639. The smallest absolute Gasteiger partial charge is 0.318 e. The van der Waals surface area contributed by atoms with E-state index < -0.39 is 0 Å². The Morgan fingerprint density at radius 1 is 1.21 bits per heavy atom. The number of ether oxygens (including phenoxy) is 1. The maximum atomic E-state index is 12.9. The average Bonchev–Trinajstić information content (AvgIpc) is 3.32.